The molecular formula is C16H23NO4. The number of hydrogen-bond acceptors (Lipinski definition) is 3. The van der Waals surface area contributed by atoms with Crippen LogP contribution in [0.4, 0.5) is 0 Å². The molecule has 21 heavy (non-hydrogen) atoms. The van der Waals surface area contributed by atoms with Gasteiger partial charge in [0, 0.05) is 18.7 Å². The number of methoxy groups -OCH3 is 1. The van der Waals surface area contributed by atoms with Crippen molar-refractivity contribution in [2.24, 2.45) is 5.92 Å². The number of likely N-dealkylation sites (N-methyl/N-ethyl adjacent to an activating group) is 1. The molecule has 0 bridgehead atoms. The highest BCUT2D eigenvalue weighted by molar-refractivity contribution is 5.80. The number of carboxylic acid groups (broad SMARTS) is 1. The Hall–Kier alpha value is -2.04. The summed E-state index contributed by atoms with van der Waals surface area (Å²) in [5.74, 6) is -0.881. The van der Waals surface area contributed by atoms with E-state index in [2.05, 4.69) is 0 Å². The highest BCUT2D eigenvalue weighted by Gasteiger charge is 2.20. The van der Waals surface area contributed by atoms with Crippen LogP contribution in [-0.4, -0.2) is 42.1 Å². The van der Waals surface area contributed by atoms with Gasteiger partial charge in [0.1, 0.15) is 5.75 Å². The molecule has 1 atom stereocenters. The third-order valence-corrected chi connectivity index (χ3v) is 3.43. The van der Waals surface area contributed by atoms with Crippen LogP contribution >= 0.6 is 0 Å². The molecule has 1 amide bonds. The van der Waals surface area contributed by atoms with Gasteiger partial charge in [-0.15, -0.1) is 0 Å². The lowest BCUT2D eigenvalue weighted by Gasteiger charge is -2.23. The third-order valence-electron chi connectivity index (χ3n) is 3.43. The highest BCUT2D eigenvalue weighted by Crippen LogP contribution is 2.21. The predicted octanol–water partition coefficient (Wildman–Crippen LogP) is 2.12. The fourth-order valence-corrected chi connectivity index (χ4v) is 2.14. The summed E-state index contributed by atoms with van der Waals surface area (Å²) in [5, 5.41) is 8.96. The molecule has 5 nitrogen and oxygen atoms in total. The van der Waals surface area contributed by atoms with Crippen molar-refractivity contribution in [2.75, 3.05) is 20.2 Å². The molecule has 5 heteroatoms. The maximum Gasteiger partial charge on any atom is 0.308 e. The number of carboxylic acids is 1. The first-order chi connectivity index (χ1) is 9.88. The second kappa shape index (κ2) is 7.67. The molecule has 1 aromatic rings. The molecule has 1 rings (SSSR count). The highest BCUT2D eigenvalue weighted by atomic mass is 16.5. The molecule has 0 radical (unpaired) electrons. The molecule has 1 aromatic carbocycles. The first-order valence-corrected chi connectivity index (χ1v) is 7.03. The van der Waals surface area contributed by atoms with Crippen molar-refractivity contribution in [3.8, 4) is 5.75 Å². The summed E-state index contributed by atoms with van der Waals surface area (Å²) in [6.07, 6.45) is 0.213. The Morgan fingerprint density at radius 1 is 1.38 bits per heavy atom. The van der Waals surface area contributed by atoms with Crippen molar-refractivity contribution < 1.29 is 19.4 Å². The Morgan fingerprint density at radius 3 is 2.57 bits per heavy atom. The SMILES string of the molecule is CCN(CC(C)C(=O)O)C(=O)Cc1cc(C)ccc1OC. The largest absolute Gasteiger partial charge is 0.496 e. The van der Waals surface area contributed by atoms with E-state index in [4.69, 9.17) is 9.84 Å². The van der Waals surface area contributed by atoms with Crippen molar-refractivity contribution in [2.45, 2.75) is 27.2 Å². The van der Waals surface area contributed by atoms with Crippen LogP contribution in [0.3, 0.4) is 0 Å². The number of benzene rings is 1. The van der Waals surface area contributed by atoms with Crippen LogP contribution in [-0.2, 0) is 16.0 Å². The lowest BCUT2D eigenvalue weighted by Crippen LogP contribution is -2.37. The summed E-state index contributed by atoms with van der Waals surface area (Å²) in [6.45, 7) is 6.12. The van der Waals surface area contributed by atoms with E-state index in [1.54, 1.807) is 18.9 Å². The fourth-order valence-electron chi connectivity index (χ4n) is 2.14. The first-order valence-electron chi connectivity index (χ1n) is 7.03. The predicted molar refractivity (Wildman–Crippen MR) is 80.5 cm³/mol. The second-order valence-electron chi connectivity index (χ2n) is 5.16. The summed E-state index contributed by atoms with van der Waals surface area (Å²) in [4.78, 5) is 24.8. The van der Waals surface area contributed by atoms with E-state index in [0.29, 0.717) is 12.3 Å². The summed E-state index contributed by atoms with van der Waals surface area (Å²) >= 11 is 0. The molecule has 0 aliphatic carbocycles. The molecule has 116 valence electrons. The minimum atomic E-state index is -0.894. The van der Waals surface area contributed by atoms with Gasteiger partial charge in [-0.05, 0) is 19.9 Å². The maximum absolute atomic E-state index is 12.4. The smallest absolute Gasteiger partial charge is 0.308 e. The molecule has 1 unspecified atom stereocenters. The van der Waals surface area contributed by atoms with Gasteiger partial charge >= 0.3 is 5.97 Å². The molecule has 0 heterocycles. The lowest BCUT2D eigenvalue weighted by molar-refractivity contribution is -0.142. The summed E-state index contributed by atoms with van der Waals surface area (Å²) < 4.78 is 5.27. The van der Waals surface area contributed by atoms with Crippen LogP contribution in [0, 0.1) is 12.8 Å². The van der Waals surface area contributed by atoms with Crippen LogP contribution in [0.15, 0.2) is 18.2 Å². The van der Waals surface area contributed by atoms with Gasteiger partial charge in [0.25, 0.3) is 0 Å². The van der Waals surface area contributed by atoms with Gasteiger partial charge in [-0.3, -0.25) is 9.59 Å². The number of carbonyl (C=O) groups is 2. The normalized spacial score (nSPS) is 11.8. The van der Waals surface area contributed by atoms with Gasteiger partial charge in [0.15, 0.2) is 0 Å². The van der Waals surface area contributed by atoms with Gasteiger partial charge < -0.3 is 14.7 Å². The van der Waals surface area contributed by atoms with E-state index in [1.807, 2.05) is 32.0 Å². The Labute approximate surface area is 125 Å². The number of carbonyl (C=O) groups excluding carboxylic acids is 1. The van der Waals surface area contributed by atoms with Gasteiger partial charge in [0.05, 0.1) is 19.4 Å². The second-order valence-corrected chi connectivity index (χ2v) is 5.16. The Balaban J connectivity index is 2.83. The maximum atomic E-state index is 12.4. The zero-order valence-corrected chi connectivity index (χ0v) is 13.0. The van der Waals surface area contributed by atoms with E-state index in [9.17, 15) is 9.59 Å². The summed E-state index contributed by atoms with van der Waals surface area (Å²) in [7, 11) is 1.57. The molecule has 0 saturated heterocycles. The van der Waals surface area contributed by atoms with E-state index < -0.39 is 11.9 Å². The number of rotatable bonds is 7. The topological polar surface area (TPSA) is 66.8 Å². The van der Waals surface area contributed by atoms with Crippen LogP contribution < -0.4 is 4.74 Å². The van der Waals surface area contributed by atoms with Crippen LogP contribution in [0.2, 0.25) is 0 Å². The van der Waals surface area contributed by atoms with Crippen molar-refractivity contribution in [3.63, 3.8) is 0 Å². The van der Waals surface area contributed by atoms with Crippen molar-refractivity contribution >= 4 is 11.9 Å². The average molecular weight is 293 g/mol. The zero-order chi connectivity index (χ0) is 16.0. The molecule has 0 aliphatic rings. The number of aryl methyl sites for hydroxylation is 1. The zero-order valence-electron chi connectivity index (χ0n) is 13.0. The minimum absolute atomic E-state index is 0.0884. The quantitative estimate of drug-likeness (QED) is 0.836. The Morgan fingerprint density at radius 2 is 2.05 bits per heavy atom. The van der Waals surface area contributed by atoms with E-state index in [1.165, 1.54) is 0 Å². The standard InChI is InChI=1S/C16H23NO4/c1-5-17(10-12(3)16(19)20)15(18)9-13-8-11(2)6-7-14(13)21-4/h6-8,12H,5,9-10H2,1-4H3,(H,19,20). The Bertz CT molecular complexity index is 513. The number of aliphatic carboxylic acids is 1. The van der Waals surface area contributed by atoms with E-state index in [0.717, 1.165) is 11.1 Å². The lowest BCUT2D eigenvalue weighted by atomic mass is 10.1. The molecular weight excluding hydrogens is 270 g/mol. The third kappa shape index (κ3) is 4.77. The first kappa shape index (κ1) is 17.0. The van der Waals surface area contributed by atoms with Gasteiger partial charge in [-0.25, -0.2) is 0 Å². The summed E-state index contributed by atoms with van der Waals surface area (Å²) in [5.41, 5.74) is 1.88. The molecule has 0 saturated carbocycles. The number of nitrogens with zero attached hydrogens (tertiary/aromatic N) is 1. The van der Waals surface area contributed by atoms with Crippen molar-refractivity contribution in [3.05, 3.63) is 29.3 Å². The number of ether oxygens (including phenoxy) is 1. The van der Waals surface area contributed by atoms with Crippen molar-refractivity contribution in [1.29, 1.82) is 0 Å². The van der Waals surface area contributed by atoms with Gasteiger partial charge in [-0.2, -0.15) is 0 Å². The van der Waals surface area contributed by atoms with E-state index >= 15 is 0 Å². The van der Waals surface area contributed by atoms with E-state index in [-0.39, 0.29) is 18.9 Å². The fraction of sp³-hybridized carbons (Fsp3) is 0.500. The molecule has 0 spiro atoms. The van der Waals surface area contributed by atoms with Gasteiger partial charge in [0.2, 0.25) is 5.91 Å². The monoisotopic (exact) mass is 293 g/mol. The van der Waals surface area contributed by atoms with Crippen molar-refractivity contribution in [1.82, 2.24) is 4.90 Å². The minimum Gasteiger partial charge on any atom is -0.496 e. The average Bonchev–Trinajstić information content (AvgIpc) is 2.44. The summed E-state index contributed by atoms with van der Waals surface area (Å²) in [6, 6.07) is 5.69. The molecule has 0 aromatic heterocycles. The number of amides is 1. The molecule has 0 fully saturated rings. The van der Waals surface area contributed by atoms with Crippen LogP contribution in [0.1, 0.15) is 25.0 Å². The Kier molecular flexibility index (Phi) is 6.21. The van der Waals surface area contributed by atoms with Crippen LogP contribution in [0.5, 0.6) is 5.75 Å². The van der Waals surface area contributed by atoms with Gasteiger partial charge in [-0.1, -0.05) is 24.6 Å². The van der Waals surface area contributed by atoms with Crippen LogP contribution in [0.25, 0.3) is 0 Å². The molecule has 0 aliphatic heterocycles. The molecule has 1 N–H and O–H groups in total. The number of hydrogen-bond donors (Lipinski definition) is 1.